The molecule has 7 aromatic carbocycles. The minimum absolute atomic E-state index is 0.0210. The summed E-state index contributed by atoms with van der Waals surface area (Å²) in [5.41, 5.74) is 10.6. The third-order valence-electron chi connectivity index (χ3n) is 13.3. The second-order valence-corrected chi connectivity index (χ2v) is 22.7. The molecule has 9 rings (SSSR count). The maximum Gasteiger partial charge on any atom is 0.149 e. The van der Waals surface area contributed by atoms with Crippen LogP contribution in [0.15, 0.2) is 158 Å². The Labute approximate surface area is 431 Å². The van der Waals surface area contributed by atoms with Gasteiger partial charge in [-0.1, -0.05) is 192 Å². The van der Waals surface area contributed by atoms with Gasteiger partial charge in [-0.25, -0.2) is 4.98 Å². The molecule has 1 N–H and O–H groups in total. The molecule has 0 saturated heterocycles. The monoisotopic (exact) mass is 930 g/mol. The van der Waals surface area contributed by atoms with Crippen molar-refractivity contribution >= 4 is 11.0 Å². The zero-order valence-corrected chi connectivity index (χ0v) is 42.8. The van der Waals surface area contributed by atoms with Crippen molar-refractivity contribution in [3.63, 3.8) is 0 Å². The van der Waals surface area contributed by atoms with Crippen LogP contribution in [0.5, 0.6) is 5.75 Å². The highest BCUT2D eigenvalue weighted by molar-refractivity contribution is 5.98. The lowest BCUT2D eigenvalue weighted by atomic mass is 9.79. The summed E-state index contributed by atoms with van der Waals surface area (Å²) < 4.78 is 89.0. The van der Waals surface area contributed by atoms with Crippen molar-refractivity contribution in [1.29, 1.82) is 0 Å². The van der Waals surface area contributed by atoms with E-state index in [2.05, 4.69) is 166 Å². The number of phenolic OH excluding ortho intramolecular Hbond substituents is 1. The molecule has 0 unspecified atom stereocenters. The molecule has 0 aliphatic rings. The molecule has 0 amide bonds. The Kier molecular flexibility index (Phi) is 9.34. The zero-order valence-electron chi connectivity index (χ0n) is 52.8. The van der Waals surface area contributed by atoms with E-state index in [4.69, 9.17) is 17.3 Å². The number of phenols is 1. The maximum absolute atomic E-state index is 12.8. The van der Waals surface area contributed by atoms with Crippen LogP contribution in [0, 0.1) is 13.8 Å². The first-order valence-electron chi connectivity index (χ1n) is 29.1. The average Bonchev–Trinajstić information content (AvgIpc) is 3.76. The number of pyridine rings is 1. The van der Waals surface area contributed by atoms with Crippen molar-refractivity contribution in [3.05, 3.63) is 191 Å². The number of hydrogen-bond donors (Lipinski definition) is 1. The van der Waals surface area contributed by atoms with Gasteiger partial charge in [-0.05, 0) is 140 Å². The van der Waals surface area contributed by atoms with Crippen LogP contribution in [0.25, 0.3) is 83.9 Å². The smallest absolute Gasteiger partial charge is 0.149 e. The molecule has 70 heavy (non-hydrogen) atoms. The highest BCUT2D eigenvalue weighted by Crippen LogP contribution is 2.47. The van der Waals surface area contributed by atoms with Gasteiger partial charge >= 0.3 is 0 Å². The van der Waals surface area contributed by atoms with E-state index in [9.17, 15) is 6.48 Å². The van der Waals surface area contributed by atoms with Gasteiger partial charge in [0.2, 0.25) is 0 Å². The highest BCUT2D eigenvalue weighted by Gasteiger charge is 2.30. The predicted molar refractivity (Wildman–Crippen MR) is 297 cm³/mol. The second kappa shape index (κ2) is 17.7. The van der Waals surface area contributed by atoms with E-state index in [0.29, 0.717) is 33.6 Å². The SMILES string of the molecule is [2H]c1nc(-c2cc(-c3cccc4c3nc(-c3cc(C(C)(C)C)cc(C(C)(C)C)c3O)n4-c3cc(C)c(-c4ccc(C(C)(C)C)cc4)cc3-c3ccccc3)cc(C(C)(C)C)c2)c([2H])c(-c2c([2H])c([2H])c(C([2H])([2H])[2H])c([2H])c2[2H])c1[2H]. The molecule has 0 bridgehead atoms. The molecule has 354 valence electrons. The highest BCUT2D eigenvalue weighted by atomic mass is 16.3. The van der Waals surface area contributed by atoms with Gasteiger partial charge in [-0.15, -0.1) is 0 Å². The quantitative estimate of drug-likeness (QED) is 0.173. The molecule has 2 heterocycles. The van der Waals surface area contributed by atoms with Crippen LogP contribution in [0.1, 0.15) is 130 Å². The number of rotatable bonds is 7. The van der Waals surface area contributed by atoms with Gasteiger partial charge in [0.25, 0.3) is 0 Å². The molecule has 4 nitrogen and oxygen atoms in total. The fourth-order valence-electron chi connectivity index (χ4n) is 9.12. The predicted octanol–water partition coefficient (Wildman–Crippen LogP) is 17.9. The fraction of sp³-hybridized carbons (Fsp3) is 0.273. The van der Waals surface area contributed by atoms with Crippen molar-refractivity contribution < 1.29 is 18.8 Å². The number of nitrogens with zero attached hydrogens (tertiary/aromatic N) is 3. The van der Waals surface area contributed by atoms with E-state index >= 15 is 0 Å². The Hall–Kier alpha value is -7.04. The first-order chi connectivity index (χ1) is 37.1. The minimum Gasteiger partial charge on any atom is -0.507 e. The Balaban J connectivity index is 1.38. The van der Waals surface area contributed by atoms with Gasteiger partial charge < -0.3 is 5.11 Å². The summed E-state index contributed by atoms with van der Waals surface area (Å²) in [4.78, 5) is 10.2. The van der Waals surface area contributed by atoms with E-state index in [1.54, 1.807) is 0 Å². The number of aromatic nitrogens is 3. The van der Waals surface area contributed by atoms with Gasteiger partial charge in [0.1, 0.15) is 11.6 Å². The number of hydrogen-bond acceptors (Lipinski definition) is 3. The third kappa shape index (κ3) is 9.37. The lowest BCUT2D eigenvalue weighted by Gasteiger charge is -2.28. The van der Waals surface area contributed by atoms with Gasteiger partial charge in [0.05, 0.1) is 37.6 Å². The summed E-state index contributed by atoms with van der Waals surface area (Å²) >= 11 is 0. The Morgan fingerprint density at radius 2 is 1.16 bits per heavy atom. The topological polar surface area (TPSA) is 50.9 Å². The molecule has 0 aliphatic carbocycles. The summed E-state index contributed by atoms with van der Waals surface area (Å²) in [7, 11) is 0. The van der Waals surface area contributed by atoms with E-state index in [-0.39, 0.29) is 27.8 Å². The Morgan fingerprint density at radius 3 is 1.80 bits per heavy atom. The zero-order chi connectivity index (χ0) is 58.7. The van der Waals surface area contributed by atoms with Gasteiger partial charge in [-0.3, -0.25) is 9.55 Å². The van der Waals surface area contributed by atoms with Crippen molar-refractivity contribution in [2.75, 3.05) is 0 Å². The van der Waals surface area contributed by atoms with Crippen LogP contribution < -0.4 is 0 Å². The van der Waals surface area contributed by atoms with Crippen LogP contribution in [-0.2, 0) is 21.7 Å². The molecular formula is C66H69N3O. The number of aryl methyl sites for hydroxylation is 1. The molecule has 0 atom stereocenters. The molecule has 2 aromatic heterocycles. The van der Waals surface area contributed by atoms with Crippen LogP contribution in [0.4, 0.5) is 0 Å². The first-order valence-corrected chi connectivity index (χ1v) is 24.1. The van der Waals surface area contributed by atoms with E-state index in [0.717, 1.165) is 55.7 Å². The van der Waals surface area contributed by atoms with Gasteiger partial charge in [0.15, 0.2) is 0 Å². The standard InChI is InChI=1S/C66H69N3O/c1-41-23-25-43(26-24-41)46-31-32-67-57(37-46)48-34-47(35-50(36-48)64(6,7)8)52-21-18-22-58-60(52)68-62(55-38-51(65(9,10)11)39-56(61(55)70)66(12,13)14)69(58)59-33-42(2)53(40-54(59)44-19-16-15-17-20-44)45-27-29-49(30-28-45)63(3,4)5/h15-40,70H,1-14H3/i1D3,23D,24D,25D,26D,31D,32D,37D. The Bertz CT molecular complexity index is 3910. The Morgan fingerprint density at radius 1 is 0.514 bits per heavy atom. The van der Waals surface area contributed by atoms with Crippen LogP contribution in [0.2, 0.25) is 0 Å². The van der Waals surface area contributed by atoms with Gasteiger partial charge in [-0.2, -0.15) is 0 Å². The first kappa shape index (κ1) is 36.9. The number of imidazole rings is 1. The number of para-hydroxylation sites is 1. The largest absolute Gasteiger partial charge is 0.507 e. The molecular weight excluding hydrogens is 851 g/mol. The van der Waals surface area contributed by atoms with Gasteiger partial charge in [0, 0.05) is 32.5 Å². The third-order valence-corrected chi connectivity index (χ3v) is 13.3. The maximum atomic E-state index is 12.8. The molecule has 0 fully saturated rings. The summed E-state index contributed by atoms with van der Waals surface area (Å²) in [6.45, 7) is 24.7. The molecule has 0 radical (unpaired) electrons. The summed E-state index contributed by atoms with van der Waals surface area (Å²) in [5.74, 6) is 0.638. The van der Waals surface area contributed by atoms with E-state index in [1.807, 2.05) is 48.5 Å². The lowest BCUT2D eigenvalue weighted by molar-refractivity contribution is 0.446. The van der Waals surface area contributed by atoms with Crippen molar-refractivity contribution in [3.8, 4) is 78.6 Å². The summed E-state index contributed by atoms with van der Waals surface area (Å²) in [6.07, 6.45) is -0.569. The van der Waals surface area contributed by atoms with E-state index < -0.39 is 71.2 Å². The van der Waals surface area contributed by atoms with Crippen molar-refractivity contribution in [2.24, 2.45) is 0 Å². The van der Waals surface area contributed by atoms with Crippen molar-refractivity contribution in [1.82, 2.24) is 14.5 Å². The lowest BCUT2D eigenvalue weighted by Crippen LogP contribution is -2.17. The fourth-order valence-corrected chi connectivity index (χ4v) is 9.12. The molecule has 4 heteroatoms. The normalized spacial score (nSPS) is 14.7. The van der Waals surface area contributed by atoms with E-state index in [1.165, 1.54) is 5.56 Å². The number of aromatic hydroxyl groups is 1. The van der Waals surface area contributed by atoms with Crippen LogP contribution in [-0.4, -0.2) is 19.6 Å². The second-order valence-electron chi connectivity index (χ2n) is 22.7. The molecule has 0 spiro atoms. The molecule has 9 aromatic rings. The summed E-state index contributed by atoms with van der Waals surface area (Å²) in [6, 6.07) is 35.3. The van der Waals surface area contributed by atoms with Crippen molar-refractivity contribution in [2.45, 2.75) is 119 Å². The summed E-state index contributed by atoms with van der Waals surface area (Å²) in [5, 5.41) is 12.8. The molecule has 0 saturated carbocycles. The average molecular weight is 930 g/mol. The molecule has 0 aliphatic heterocycles. The van der Waals surface area contributed by atoms with Crippen LogP contribution in [0.3, 0.4) is 0 Å². The number of fused-ring (bicyclic) bond motifs is 1. The number of benzene rings is 7. The van der Waals surface area contributed by atoms with Crippen LogP contribution >= 0.6 is 0 Å². The minimum atomic E-state index is -2.97.